The molecule has 1 aromatic carbocycles. The number of aromatic amines is 1. The fraction of sp³-hybridized carbons (Fsp3) is 0.409. The first-order chi connectivity index (χ1) is 13.5. The number of fused-ring (bicyclic) bond motifs is 3. The molecule has 1 aliphatic rings. The number of benzene rings is 1. The van der Waals surface area contributed by atoms with E-state index in [0.717, 1.165) is 41.6 Å². The molecule has 28 heavy (non-hydrogen) atoms. The van der Waals surface area contributed by atoms with Gasteiger partial charge in [-0.2, -0.15) is 0 Å². The predicted octanol–water partition coefficient (Wildman–Crippen LogP) is 4.56. The summed E-state index contributed by atoms with van der Waals surface area (Å²) in [7, 11) is 0. The number of rotatable bonds is 6. The van der Waals surface area contributed by atoms with Gasteiger partial charge in [0.2, 0.25) is 5.91 Å². The number of aryl methyl sites for hydroxylation is 3. The van der Waals surface area contributed by atoms with Gasteiger partial charge in [0.05, 0.1) is 5.39 Å². The Labute approximate surface area is 168 Å². The van der Waals surface area contributed by atoms with Crippen LogP contribution in [0.1, 0.15) is 60.9 Å². The summed E-state index contributed by atoms with van der Waals surface area (Å²) in [4.78, 5) is 34.4. The molecular weight excluding hydrogens is 370 g/mol. The van der Waals surface area contributed by atoms with Gasteiger partial charge in [0.1, 0.15) is 10.7 Å². The van der Waals surface area contributed by atoms with Crippen molar-refractivity contribution < 1.29 is 4.79 Å². The van der Waals surface area contributed by atoms with E-state index in [1.807, 2.05) is 12.1 Å². The molecule has 0 saturated carbocycles. The third kappa shape index (κ3) is 3.74. The smallest absolute Gasteiger partial charge is 0.259 e. The van der Waals surface area contributed by atoms with Crippen LogP contribution in [0.15, 0.2) is 29.1 Å². The minimum atomic E-state index is -0.0762. The number of nitrogens with one attached hydrogen (secondary N) is 2. The second-order valence-corrected chi connectivity index (χ2v) is 8.61. The van der Waals surface area contributed by atoms with Crippen molar-refractivity contribution in [2.75, 3.05) is 5.32 Å². The van der Waals surface area contributed by atoms with Crippen molar-refractivity contribution >= 4 is 33.1 Å². The standard InChI is InChI=1S/C22H25N3O2S/c1-3-13(2)14-7-9-15(10-8-14)23-19(26)12-11-18-24-21(27)20-16-5-4-6-17(16)28-22(20)25-18/h7-10,13H,3-6,11-12H2,1-2H3,(H,23,26)(H,24,25,27). The topological polar surface area (TPSA) is 74.8 Å². The number of H-pyrrole nitrogens is 1. The van der Waals surface area contributed by atoms with Crippen LogP contribution in [0.4, 0.5) is 5.69 Å². The number of thiophene rings is 1. The average molecular weight is 396 g/mol. The number of hydrogen-bond donors (Lipinski definition) is 2. The van der Waals surface area contributed by atoms with Crippen LogP contribution in [0.2, 0.25) is 0 Å². The van der Waals surface area contributed by atoms with Crippen LogP contribution in [0.3, 0.4) is 0 Å². The lowest BCUT2D eigenvalue weighted by Gasteiger charge is -2.10. The molecule has 0 spiro atoms. The van der Waals surface area contributed by atoms with Gasteiger partial charge in [-0.15, -0.1) is 11.3 Å². The monoisotopic (exact) mass is 395 g/mol. The first-order valence-corrected chi connectivity index (χ1v) is 10.8. The van der Waals surface area contributed by atoms with Crippen molar-refractivity contribution in [1.82, 2.24) is 9.97 Å². The molecule has 2 heterocycles. The van der Waals surface area contributed by atoms with Crippen LogP contribution in [0.25, 0.3) is 10.2 Å². The molecule has 0 bridgehead atoms. The molecule has 3 aromatic rings. The molecule has 1 aliphatic carbocycles. The molecule has 2 aromatic heterocycles. The Kier molecular flexibility index (Phi) is 5.31. The zero-order valence-corrected chi connectivity index (χ0v) is 17.1. The van der Waals surface area contributed by atoms with Crippen molar-refractivity contribution in [2.24, 2.45) is 0 Å². The molecule has 1 amide bonds. The Morgan fingerprint density at radius 2 is 2.07 bits per heavy atom. The van der Waals surface area contributed by atoms with E-state index in [2.05, 4.69) is 41.3 Å². The fourth-order valence-electron chi connectivity index (χ4n) is 3.75. The number of aromatic nitrogens is 2. The van der Waals surface area contributed by atoms with Crippen LogP contribution in [0.5, 0.6) is 0 Å². The quantitative estimate of drug-likeness (QED) is 0.642. The highest BCUT2D eigenvalue weighted by Crippen LogP contribution is 2.34. The Morgan fingerprint density at radius 3 is 2.82 bits per heavy atom. The third-order valence-corrected chi connectivity index (χ3v) is 6.77. The van der Waals surface area contributed by atoms with Gasteiger partial charge in [-0.25, -0.2) is 4.98 Å². The summed E-state index contributed by atoms with van der Waals surface area (Å²) < 4.78 is 0. The summed E-state index contributed by atoms with van der Waals surface area (Å²) in [6.45, 7) is 4.36. The van der Waals surface area contributed by atoms with Gasteiger partial charge in [-0.05, 0) is 54.9 Å². The molecule has 2 N–H and O–H groups in total. The van der Waals surface area contributed by atoms with Crippen molar-refractivity contribution in [3.05, 3.63) is 56.4 Å². The van der Waals surface area contributed by atoms with Crippen LogP contribution < -0.4 is 10.9 Å². The van der Waals surface area contributed by atoms with Gasteiger partial charge in [-0.1, -0.05) is 26.0 Å². The zero-order chi connectivity index (χ0) is 19.7. The normalized spacial score (nSPS) is 14.2. The number of amides is 1. The van der Waals surface area contributed by atoms with Gasteiger partial charge in [-0.3, -0.25) is 9.59 Å². The Morgan fingerprint density at radius 1 is 1.29 bits per heavy atom. The number of hydrogen-bond acceptors (Lipinski definition) is 4. The van der Waals surface area contributed by atoms with Crippen LogP contribution in [-0.4, -0.2) is 15.9 Å². The molecule has 1 atom stereocenters. The number of nitrogens with zero attached hydrogens (tertiary/aromatic N) is 1. The number of anilines is 1. The van der Waals surface area contributed by atoms with Crippen LogP contribution in [0, 0.1) is 0 Å². The molecule has 0 fully saturated rings. The van der Waals surface area contributed by atoms with E-state index >= 15 is 0 Å². The SMILES string of the molecule is CCC(C)c1ccc(NC(=O)CCc2nc3sc4c(c3c(=O)[nH]2)CCC4)cc1. The summed E-state index contributed by atoms with van der Waals surface area (Å²) in [6, 6.07) is 8.01. The predicted molar refractivity (Wildman–Crippen MR) is 114 cm³/mol. The zero-order valence-electron chi connectivity index (χ0n) is 16.3. The molecule has 6 heteroatoms. The number of carbonyl (C=O) groups is 1. The highest BCUT2D eigenvalue weighted by molar-refractivity contribution is 7.18. The Bertz CT molecular complexity index is 1070. The fourth-order valence-corrected chi connectivity index (χ4v) is 5.03. The Balaban J connectivity index is 1.40. The number of carbonyl (C=O) groups excluding carboxylic acids is 1. The summed E-state index contributed by atoms with van der Waals surface area (Å²) in [5.74, 6) is 1.02. The maximum Gasteiger partial charge on any atom is 0.259 e. The van der Waals surface area contributed by atoms with Gasteiger partial charge < -0.3 is 10.3 Å². The summed E-state index contributed by atoms with van der Waals surface area (Å²) in [5.41, 5.74) is 3.18. The van der Waals surface area contributed by atoms with E-state index in [9.17, 15) is 9.59 Å². The maximum absolute atomic E-state index is 12.5. The van der Waals surface area contributed by atoms with Gasteiger partial charge in [0.15, 0.2) is 0 Å². The maximum atomic E-state index is 12.5. The third-order valence-electron chi connectivity index (χ3n) is 5.59. The lowest BCUT2D eigenvalue weighted by molar-refractivity contribution is -0.116. The largest absolute Gasteiger partial charge is 0.326 e. The highest BCUT2D eigenvalue weighted by Gasteiger charge is 2.21. The first kappa shape index (κ1) is 18.9. The second kappa shape index (κ2) is 7.87. The van der Waals surface area contributed by atoms with E-state index in [1.165, 1.54) is 16.0 Å². The van der Waals surface area contributed by atoms with Crippen molar-refractivity contribution in [3.63, 3.8) is 0 Å². The summed E-state index contributed by atoms with van der Waals surface area (Å²) in [5, 5.41) is 3.68. The second-order valence-electron chi connectivity index (χ2n) is 7.53. The van der Waals surface area contributed by atoms with Gasteiger partial charge >= 0.3 is 0 Å². The first-order valence-electron chi connectivity index (χ1n) is 9.98. The Hall–Kier alpha value is -2.47. The molecule has 5 nitrogen and oxygen atoms in total. The van der Waals surface area contributed by atoms with Crippen molar-refractivity contribution in [3.8, 4) is 0 Å². The van der Waals surface area contributed by atoms with E-state index < -0.39 is 0 Å². The molecule has 146 valence electrons. The van der Waals surface area contributed by atoms with Crippen molar-refractivity contribution in [1.29, 1.82) is 0 Å². The van der Waals surface area contributed by atoms with Crippen molar-refractivity contribution in [2.45, 2.75) is 58.3 Å². The average Bonchev–Trinajstić information content (AvgIpc) is 3.27. The lowest BCUT2D eigenvalue weighted by atomic mass is 9.99. The van der Waals surface area contributed by atoms with Crippen LogP contribution in [-0.2, 0) is 24.1 Å². The summed E-state index contributed by atoms with van der Waals surface area (Å²) >= 11 is 1.63. The van der Waals surface area contributed by atoms with E-state index in [1.54, 1.807) is 11.3 Å². The lowest BCUT2D eigenvalue weighted by Crippen LogP contribution is -2.16. The molecule has 4 rings (SSSR count). The van der Waals surface area contributed by atoms with E-state index in [-0.39, 0.29) is 17.9 Å². The molecule has 1 unspecified atom stereocenters. The van der Waals surface area contributed by atoms with Crippen LogP contribution >= 0.6 is 11.3 Å². The summed E-state index contributed by atoms with van der Waals surface area (Å²) in [6.07, 6.45) is 4.93. The van der Waals surface area contributed by atoms with E-state index in [0.29, 0.717) is 18.2 Å². The minimum Gasteiger partial charge on any atom is -0.326 e. The molecule has 0 saturated heterocycles. The van der Waals surface area contributed by atoms with Gasteiger partial charge in [0, 0.05) is 23.4 Å². The highest BCUT2D eigenvalue weighted by atomic mass is 32.1. The molecule has 0 aliphatic heterocycles. The molecule has 0 radical (unpaired) electrons. The van der Waals surface area contributed by atoms with E-state index in [4.69, 9.17) is 0 Å². The molecular formula is C22H25N3O2S. The van der Waals surface area contributed by atoms with Gasteiger partial charge in [0.25, 0.3) is 5.56 Å². The minimum absolute atomic E-state index is 0.0690.